The van der Waals surface area contributed by atoms with Gasteiger partial charge in [0, 0.05) is 21.9 Å². The van der Waals surface area contributed by atoms with Gasteiger partial charge in [-0.25, -0.2) is 0 Å². The Morgan fingerprint density at radius 1 is 0.326 bits per heavy atom. The van der Waals surface area contributed by atoms with E-state index in [1.54, 1.807) is 0 Å². The van der Waals surface area contributed by atoms with Crippen molar-refractivity contribution >= 4 is 54.3 Å². The molecule has 0 bridgehead atoms. The van der Waals surface area contributed by atoms with Crippen LogP contribution in [0.1, 0.15) is 0 Å². The largest absolute Gasteiger partial charge is 0.455 e. The van der Waals surface area contributed by atoms with Crippen LogP contribution in [0.15, 0.2) is 162 Å². The Morgan fingerprint density at radius 3 is 1.58 bits per heavy atom. The zero-order valence-corrected chi connectivity index (χ0v) is 23.4. The second kappa shape index (κ2) is 9.44. The monoisotopic (exact) mass is 546 g/mol. The number of rotatable bonds is 3. The molecule has 0 atom stereocenters. The third-order valence-electron chi connectivity index (χ3n) is 8.86. The number of furan rings is 1. The Balaban J connectivity index is 1.28. The van der Waals surface area contributed by atoms with Gasteiger partial charge in [0.1, 0.15) is 11.2 Å². The van der Waals surface area contributed by atoms with Crippen LogP contribution in [-0.2, 0) is 0 Å². The van der Waals surface area contributed by atoms with Crippen LogP contribution in [0, 0.1) is 0 Å². The number of para-hydroxylation sites is 2. The molecule has 0 radical (unpaired) electrons. The molecular formula is C42H26O. The summed E-state index contributed by atoms with van der Waals surface area (Å²) in [6, 6.07) is 56.8. The number of hydrogen-bond acceptors (Lipinski definition) is 1. The summed E-state index contributed by atoms with van der Waals surface area (Å²) in [6.45, 7) is 0. The Kier molecular flexibility index (Phi) is 5.27. The van der Waals surface area contributed by atoms with E-state index in [1.807, 2.05) is 6.07 Å². The van der Waals surface area contributed by atoms with Gasteiger partial charge in [-0.15, -0.1) is 0 Å². The molecule has 9 aromatic rings. The fraction of sp³-hybridized carbons (Fsp3) is 0. The van der Waals surface area contributed by atoms with Crippen LogP contribution in [0.3, 0.4) is 0 Å². The zero-order chi connectivity index (χ0) is 28.3. The third kappa shape index (κ3) is 3.72. The highest BCUT2D eigenvalue weighted by Gasteiger charge is 2.20. The van der Waals surface area contributed by atoms with Crippen LogP contribution in [-0.4, -0.2) is 0 Å². The van der Waals surface area contributed by atoms with Gasteiger partial charge < -0.3 is 4.42 Å². The summed E-state index contributed by atoms with van der Waals surface area (Å²) in [4.78, 5) is 0. The minimum Gasteiger partial charge on any atom is -0.455 e. The standard InChI is InChI=1S/C42H26O/c1-2-11-30-26-31(25-22-27(30)10-1)28-20-23-29(24-21-28)40-33-13-3-5-15-35(33)41(36-16-6-4-14-34(36)40)38-18-9-17-37-32-12-7-8-19-39(32)43-42(37)38/h1-26H. The maximum atomic E-state index is 6.53. The number of fused-ring (bicyclic) bond motifs is 6. The van der Waals surface area contributed by atoms with E-state index in [1.165, 1.54) is 60.1 Å². The van der Waals surface area contributed by atoms with Crippen LogP contribution in [0.5, 0.6) is 0 Å². The van der Waals surface area contributed by atoms with Gasteiger partial charge in [0.2, 0.25) is 0 Å². The molecule has 43 heavy (non-hydrogen) atoms. The molecular weight excluding hydrogens is 520 g/mol. The summed E-state index contributed by atoms with van der Waals surface area (Å²) in [6.07, 6.45) is 0. The van der Waals surface area contributed by atoms with Crippen molar-refractivity contribution in [2.24, 2.45) is 0 Å². The normalized spacial score (nSPS) is 11.7. The van der Waals surface area contributed by atoms with E-state index in [4.69, 9.17) is 4.42 Å². The lowest BCUT2D eigenvalue weighted by Gasteiger charge is -2.18. The molecule has 0 N–H and O–H groups in total. The SMILES string of the molecule is c1ccc2cc(-c3ccc(-c4c5ccccc5c(-c5cccc6c5oc5ccccc56)c5ccccc45)cc3)ccc2c1. The van der Waals surface area contributed by atoms with E-state index in [-0.39, 0.29) is 0 Å². The zero-order valence-electron chi connectivity index (χ0n) is 23.4. The van der Waals surface area contributed by atoms with Crippen molar-refractivity contribution in [3.05, 3.63) is 158 Å². The average molecular weight is 547 g/mol. The van der Waals surface area contributed by atoms with Gasteiger partial charge in [-0.05, 0) is 66.7 Å². The summed E-state index contributed by atoms with van der Waals surface area (Å²) < 4.78 is 6.53. The minimum atomic E-state index is 0.918. The van der Waals surface area contributed by atoms with E-state index in [0.29, 0.717) is 0 Å². The van der Waals surface area contributed by atoms with E-state index in [0.717, 1.165) is 27.5 Å². The van der Waals surface area contributed by atoms with Crippen LogP contribution < -0.4 is 0 Å². The van der Waals surface area contributed by atoms with Crippen LogP contribution >= 0.6 is 0 Å². The smallest absolute Gasteiger partial charge is 0.143 e. The lowest BCUT2D eigenvalue weighted by atomic mass is 9.85. The van der Waals surface area contributed by atoms with Gasteiger partial charge in [-0.3, -0.25) is 0 Å². The predicted molar refractivity (Wildman–Crippen MR) is 183 cm³/mol. The molecule has 1 aromatic heterocycles. The van der Waals surface area contributed by atoms with Gasteiger partial charge in [-0.1, -0.05) is 146 Å². The van der Waals surface area contributed by atoms with Crippen molar-refractivity contribution in [1.82, 2.24) is 0 Å². The summed E-state index contributed by atoms with van der Waals surface area (Å²) in [5.41, 5.74) is 9.12. The van der Waals surface area contributed by atoms with E-state index >= 15 is 0 Å². The van der Waals surface area contributed by atoms with Crippen LogP contribution in [0.4, 0.5) is 0 Å². The van der Waals surface area contributed by atoms with Gasteiger partial charge in [0.05, 0.1) is 0 Å². The first-order valence-corrected chi connectivity index (χ1v) is 14.8. The van der Waals surface area contributed by atoms with Gasteiger partial charge in [0.15, 0.2) is 0 Å². The maximum absolute atomic E-state index is 6.53. The Labute approximate surface area is 249 Å². The molecule has 1 heterocycles. The first-order chi connectivity index (χ1) is 21.3. The Morgan fingerprint density at radius 2 is 0.860 bits per heavy atom. The molecule has 0 spiro atoms. The molecule has 0 saturated carbocycles. The predicted octanol–water partition coefficient (Wildman–Crippen LogP) is 12.0. The van der Waals surface area contributed by atoms with E-state index < -0.39 is 0 Å². The summed E-state index contributed by atoms with van der Waals surface area (Å²) in [5.74, 6) is 0. The van der Waals surface area contributed by atoms with Crippen molar-refractivity contribution < 1.29 is 4.42 Å². The molecule has 0 amide bonds. The molecule has 0 aliphatic rings. The summed E-state index contributed by atoms with van der Waals surface area (Å²) in [7, 11) is 0. The lowest BCUT2D eigenvalue weighted by Crippen LogP contribution is -1.91. The van der Waals surface area contributed by atoms with Crippen molar-refractivity contribution in [3.63, 3.8) is 0 Å². The number of benzene rings is 8. The molecule has 1 nitrogen and oxygen atoms in total. The molecule has 200 valence electrons. The van der Waals surface area contributed by atoms with Crippen molar-refractivity contribution in [1.29, 1.82) is 0 Å². The fourth-order valence-electron chi connectivity index (χ4n) is 6.87. The van der Waals surface area contributed by atoms with Crippen molar-refractivity contribution in [2.75, 3.05) is 0 Å². The molecule has 1 heteroatoms. The topological polar surface area (TPSA) is 13.1 Å². The molecule has 0 aliphatic carbocycles. The molecule has 0 fully saturated rings. The van der Waals surface area contributed by atoms with Crippen molar-refractivity contribution in [2.45, 2.75) is 0 Å². The molecule has 0 unspecified atom stereocenters. The molecule has 8 aromatic carbocycles. The molecule has 9 rings (SSSR count). The van der Waals surface area contributed by atoms with Crippen LogP contribution in [0.25, 0.3) is 87.6 Å². The highest BCUT2D eigenvalue weighted by Crippen LogP contribution is 2.46. The Hall–Kier alpha value is -5.66. The van der Waals surface area contributed by atoms with Gasteiger partial charge >= 0.3 is 0 Å². The highest BCUT2D eigenvalue weighted by atomic mass is 16.3. The molecule has 0 saturated heterocycles. The first kappa shape index (κ1) is 24.0. The van der Waals surface area contributed by atoms with Gasteiger partial charge in [0.25, 0.3) is 0 Å². The second-order valence-corrected chi connectivity index (χ2v) is 11.3. The summed E-state index contributed by atoms with van der Waals surface area (Å²) in [5, 5.41) is 9.75. The fourth-order valence-corrected chi connectivity index (χ4v) is 6.87. The highest BCUT2D eigenvalue weighted by molar-refractivity contribution is 6.24. The van der Waals surface area contributed by atoms with E-state index in [2.05, 4.69) is 152 Å². The average Bonchev–Trinajstić information content (AvgIpc) is 3.46. The van der Waals surface area contributed by atoms with Crippen molar-refractivity contribution in [3.8, 4) is 33.4 Å². The van der Waals surface area contributed by atoms with Gasteiger partial charge in [-0.2, -0.15) is 0 Å². The van der Waals surface area contributed by atoms with Crippen LogP contribution in [0.2, 0.25) is 0 Å². The van der Waals surface area contributed by atoms with E-state index in [9.17, 15) is 0 Å². The Bertz CT molecular complexity index is 2440. The molecule has 0 aliphatic heterocycles. The summed E-state index contributed by atoms with van der Waals surface area (Å²) >= 11 is 0. The lowest BCUT2D eigenvalue weighted by molar-refractivity contribution is 0.670. The first-order valence-electron chi connectivity index (χ1n) is 14.8. The maximum Gasteiger partial charge on any atom is 0.143 e. The minimum absolute atomic E-state index is 0.918. The third-order valence-corrected chi connectivity index (χ3v) is 8.86. The second-order valence-electron chi connectivity index (χ2n) is 11.3. The quantitative estimate of drug-likeness (QED) is 0.201. The number of hydrogen-bond donors (Lipinski definition) is 0.